The van der Waals surface area contributed by atoms with Gasteiger partial charge in [-0.3, -0.25) is 4.79 Å². The largest absolute Gasteiger partial charge is 0.501 e. The molecule has 1 fully saturated rings. The molecular formula is C11H17NO2. The molecule has 2 N–H and O–H groups in total. The molecule has 0 aromatic heterocycles. The molecule has 2 aliphatic rings. The van der Waals surface area contributed by atoms with E-state index in [1.54, 1.807) is 6.26 Å². The lowest BCUT2D eigenvalue weighted by Crippen LogP contribution is -2.48. The molecule has 1 heterocycles. The maximum atomic E-state index is 12.0. The third kappa shape index (κ3) is 1.69. The molecule has 1 unspecified atom stereocenters. The van der Waals surface area contributed by atoms with Gasteiger partial charge in [-0.2, -0.15) is 0 Å². The third-order valence-corrected chi connectivity index (χ3v) is 3.14. The number of rotatable bonds is 3. The average molecular weight is 195 g/mol. The molecule has 0 saturated heterocycles. The van der Waals surface area contributed by atoms with Crippen LogP contribution in [0.15, 0.2) is 11.8 Å². The zero-order chi connectivity index (χ0) is 10.2. The predicted molar refractivity (Wildman–Crippen MR) is 53.6 cm³/mol. The first kappa shape index (κ1) is 9.71. The molecule has 1 saturated carbocycles. The van der Waals surface area contributed by atoms with Crippen molar-refractivity contribution >= 4 is 5.78 Å². The van der Waals surface area contributed by atoms with E-state index in [4.69, 9.17) is 10.5 Å². The number of nitrogens with two attached hydrogens (primary N) is 1. The van der Waals surface area contributed by atoms with Gasteiger partial charge >= 0.3 is 0 Å². The van der Waals surface area contributed by atoms with Crippen LogP contribution in [0.2, 0.25) is 0 Å². The molecule has 3 nitrogen and oxygen atoms in total. The fraction of sp³-hybridized carbons (Fsp3) is 0.727. The summed E-state index contributed by atoms with van der Waals surface area (Å²) in [5.74, 6) is 0.470. The Kier molecular flexibility index (Phi) is 2.35. The molecule has 1 aliphatic carbocycles. The van der Waals surface area contributed by atoms with Gasteiger partial charge in [0.25, 0.3) is 0 Å². The van der Waals surface area contributed by atoms with Crippen molar-refractivity contribution in [2.45, 2.75) is 38.1 Å². The van der Waals surface area contributed by atoms with Crippen LogP contribution < -0.4 is 5.73 Å². The first-order chi connectivity index (χ1) is 6.62. The number of ketones is 1. The maximum absolute atomic E-state index is 12.0. The summed E-state index contributed by atoms with van der Waals surface area (Å²) in [5, 5.41) is 0. The van der Waals surface area contributed by atoms with Gasteiger partial charge in [-0.25, -0.2) is 0 Å². The number of ether oxygens (including phenoxy) is 1. The summed E-state index contributed by atoms with van der Waals surface area (Å²) < 4.78 is 5.16. The molecule has 0 spiro atoms. The third-order valence-electron chi connectivity index (χ3n) is 3.14. The van der Waals surface area contributed by atoms with Gasteiger partial charge in [-0.15, -0.1) is 0 Å². The summed E-state index contributed by atoms with van der Waals surface area (Å²) in [7, 11) is 0. The number of hydrogen-bond acceptors (Lipinski definition) is 3. The Hall–Kier alpha value is -0.830. The Morgan fingerprint density at radius 1 is 1.64 bits per heavy atom. The minimum absolute atomic E-state index is 0.0831. The quantitative estimate of drug-likeness (QED) is 0.740. The summed E-state index contributed by atoms with van der Waals surface area (Å²) in [4.78, 5) is 12.0. The van der Waals surface area contributed by atoms with E-state index in [-0.39, 0.29) is 5.78 Å². The molecule has 0 radical (unpaired) electrons. The molecule has 0 aromatic rings. The van der Waals surface area contributed by atoms with Crippen LogP contribution in [0.3, 0.4) is 0 Å². The second-order valence-corrected chi connectivity index (χ2v) is 4.50. The Bertz CT molecular complexity index is 277. The van der Waals surface area contributed by atoms with Crippen LogP contribution in [0.4, 0.5) is 0 Å². The van der Waals surface area contributed by atoms with Crippen molar-refractivity contribution in [3.63, 3.8) is 0 Å². The zero-order valence-corrected chi connectivity index (χ0v) is 8.58. The second kappa shape index (κ2) is 3.39. The Morgan fingerprint density at radius 2 is 2.36 bits per heavy atom. The van der Waals surface area contributed by atoms with Gasteiger partial charge in [0, 0.05) is 5.57 Å². The first-order valence-electron chi connectivity index (χ1n) is 5.26. The zero-order valence-electron chi connectivity index (χ0n) is 8.58. The number of carbonyl (C=O) groups is 1. The minimum Gasteiger partial charge on any atom is -0.501 e. The Morgan fingerprint density at radius 3 is 2.86 bits per heavy atom. The lowest BCUT2D eigenvalue weighted by molar-refractivity contribution is -0.121. The molecule has 0 aromatic carbocycles. The highest BCUT2D eigenvalue weighted by molar-refractivity contribution is 6.02. The standard InChI is InChI=1S/C11H17NO2/c1-11(12,9-4-5-9)10(13)8-3-2-6-14-7-8/h7,9H,2-6,12H2,1H3. The number of carbonyl (C=O) groups excluding carboxylic acids is 1. The van der Waals surface area contributed by atoms with Crippen molar-refractivity contribution in [1.82, 2.24) is 0 Å². The van der Waals surface area contributed by atoms with Gasteiger partial charge in [0.1, 0.15) is 0 Å². The topological polar surface area (TPSA) is 52.3 Å². The van der Waals surface area contributed by atoms with Crippen molar-refractivity contribution in [2.75, 3.05) is 6.61 Å². The molecule has 0 amide bonds. The summed E-state index contributed by atoms with van der Waals surface area (Å²) in [6.07, 6.45) is 5.52. The molecular weight excluding hydrogens is 178 g/mol. The highest BCUT2D eigenvalue weighted by Crippen LogP contribution is 2.40. The van der Waals surface area contributed by atoms with E-state index in [1.165, 1.54) is 0 Å². The van der Waals surface area contributed by atoms with Crippen molar-refractivity contribution in [3.05, 3.63) is 11.8 Å². The smallest absolute Gasteiger partial charge is 0.181 e. The molecule has 14 heavy (non-hydrogen) atoms. The van der Waals surface area contributed by atoms with Gasteiger partial charge in [0.15, 0.2) is 5.78 Å². The van der Waals surface area contributed by atoms with Crippen LogP contribution in [0.5, 0.6) is 0 Å². The Labute approximate surface area is 84.3 Å². The van der Waals surface area contributed by atoms with Gasteiger partial charge < -0.3 is 10.5 Å². The Balaban J connectivity index is 2.09. The second-order valence-electron chi connectivity index (χ2n) is 4.50. The van der Waals surface area contributed by atoms with Crippen molar-refractivity contribution in [1.29, 1.82) is 0 Å². The molecule has 2 rings (SSSR count). The van der Waals surface area contributed by atoms with Gasteiger partial charge in [0.05, 0.1) is 18.4 Å². The van der Waals surface area contributed by atoms with E-state index in [2.05, 4.69) is 0 Å². The summed E-state index contributed by atoms with van der Waals surface area (Å²) in [6, 6.07) is 0. The van der Waals surface area contributed by atoms with E-state index in [9.17, 15) is 4.79 Å². The highest BCUT2D eigenvalue weighted by Gasteiger charge is 2.44. The first-order valence-corrected chi connectivity index (χ1v) is 5.26. The van der Waals surface area contributed by atoms with E-state index < -0.39 is 5.54 Å². The van der Waals surface area contributed by atoms with E-state index >= 15 is 0 Å². The predicted octanol–water partition coefficient (Wildman–Crippen LogP) is 1.38. The summed E-state index contributed by atoms with van der Waals surface area (Å²) in [5.41, 5.74) is 6.16. The molecule has 1 aliphatic heterocycles. The normalized spacial score (nSPS) is 26.0. The lowest BCUT2D eigenvalue weighted by atomic mass is 9.86. The summed E-state index contributed by atoms with van der Waals surface area (Å²) >= 11 is 0. The van der Waals surface area contributed by atoms with Crippen LogP contribution >= 0.6 is 0 Å². The van der Waals surface area contributed by atoms with Gasteiger partial charge in [-0.05, 0) is 38.5 Å². The van der Waals surface area contributed by atoms with Crippen molar-refractivity contribution < 1.29 is 9.53 Å². The molecule has 78 valence electrons. The monoisotopic (exact) mass is 195 g/mol. The summed E-state index contributed by atoms with van der Waals surface area (Å²) in [6.45, 7) is 2.57. The lowest BCUT2D eigenvalue weighted by Gasteiger charge is -2.25. The highest BCUT2D eigenvalue weighted by atomic mass is 16.5. The fourth-order valence-electron chi connectivity index (χ4n) is 1.95. The van der Waals surface area contributed by atoms with Crippen molar-refractivity contribution in [2.24, 2.45) is 11.7 Å². The van der Waals surface area contributed by atoms with E-state index in [0.717, 1.165) is 37.9 Å². The molecule has 1 atom stereocenters. The molecule has 0 bridgehead atoms. The minimum atomic E-state index is -0.660. The average Bonchev–Trinajstić information content (AvgIpc) is 3.01. The van der Waals surface area contributed by atoms with Crippen LogP contribution in [0.25, 0.3) is 0 Å². The number of Topliss-reactive ketones (excluding diaryl/α,β-unsaturated/α-hetero) is 1. The van der Waals surface area contributed by atoms with Crippen LogP contribution in [-0.4, -0.2) is 17.9 Å². The SMILES string of the molecule is CC(N)(C(=O)C1=COCCC1)C1CC1. The van der Waals surface area contributed by atoms with Gasteiger partial charge in [0.2, 0.25) is 0 Å². The fourth-order valence-corrected chi connectivity index (χ4v) is 1.95. The van der Waals surface area contributed by atoms with Crippen LogP contribution in [0, 0.1) is 5.92 Å². The maximum Gasteiger partial charge on any atom is 0.181 e. The molecule has 3 heteroatoms. The van der Waals surface area contributed by atoms with Gasteiger partial charge in [-0.1, -0.05) is 0 Å². The van der Waals surface area contributed by atoms with Crippen LogP contribution in [-0.2, 0) is 9.53 Å². The van der Waals surface area contributed by atoms with Crippen molar-refractivity contribution in [3.8, 4) is 0 Å². The van der Waals surface area contributed by atoms with Crippen LogP contribution in [0.1, 0.15) is 32.6 Å². The van der Waals surface area contributed by atoms with E-state index in [1.807, 2.05) is 6.92 Å². The van der Waals surface area contributed by atoms with E-state index in [0.29, 0.717) is 5.92 Å². The number of hydrogen-bond donors (Lipinski definition) is 1.